The highest BCUT2D eigenvalue weighted by Gasteiger charge is 2.23. The van der Waals surface area contributed by atoms with Gasteiger partial charge in [-0.25, -0.2) is 9.07 Å². The molecular weight excluding hydrogens is 379 g/mol. The Hall–Kier alpha value is -3.69. The third kappa shape index (κ3) is 4.42. The highest BCUT2D eigenvalue weighted by atomic mass is 19.1. The summed E-state index contributed by atoms with van der Waals surface area (Å²) >= 11 is 0. The highest BCUT2D eigenvalue weighted by molar-refractivity contribution is 6.07. The molecule has 0 unspecified atom stereocenters. The van der Waals surface area contributed by atoms with E-state index in [4.69, 9.17) is 4.74 Å². The molecular formula is C19H21FN6O3. The Morgan fingerprint density at radius 1 is 1.17 bits per heavy atom. The predicted molar refractivity (Wildman–Crippen MR) is 103 cm³/mol. The number of aryl methyl sites for hydroxylation is 1. The molecule has 0 atom stereocenters. The van der Waals surface area contributed by atoms with Crippen LogP contribution in [0.4, 0.5) is 10.1 Å². The average Bonchev–Trinajstić information content (AvgIpc) is 3.27. The van der Waals surface area contributed by atoms with E-state index < -0.39 is 5.91 Å². The fourth-order valence-corrected chi connectivity index (χ4v) is 2.52. The van der Waals surface area contributed by atoms with Gasteiger partial charge in [0.25, 0.3) is 11.8 Å². The molecule has 3 rings (SSSR count). The van der Waals surface area contributed by atoms with Crippen LogP contribution in [0, 0.1) is 12.7 Å². The predicted octanol–water partition coefficient (Wildman–Crippen LogP) is 2.05. The molecule has 1 N–H and O–H groups in total. The molecule has 10 heteroatoms. The summed E-state index contributed by atoms with van der Waals surface area (Å²) < 4.78 is 21.4. The molecule has 152 valence electrons. The first-order valence-corrected chi connectivity index (χ1v) is 8.74. The van der Waals surface area contributed by atoms with Gasteiger partial charge in [-0.1, -0.05) is 0 Å². The molecule has 0 fully saturated rings. The van der Waals surface area contributed by atoms with Crippen molar-refractivity contribution in [3.05, 3.63) is 59.4 Å². The molecule has 2 heterocycles. The number of halogens is 1. The van der Waals surface area contributed by atoms with Crippen molar-refractivity contribution in [2.45, 2.75) is 13.7 Å². The van der Waals surface area contributed by atoms with E-state index in [0.29, 0.717) is 17.1 Å². The number of amides is 2. The number of anilines is 1. The second-order valence-corrected chi connectivity index (χ2v) is 6.55. The maximum Gasteiger partial charge on any atom is 0.276 e. The normalized spacial score (nSPS) is 10.7. The number of hydrogen-bond acceptors (Lipinski definition) is 5. The van der Waals surface area contributed by atoms with Crippen LogP contribution in [0.25, 0.3) is 0 Å². The van der Waals surface area contributed by atoms with Crippen LogP contribution in [0.2, 0.25) is 0 Å². The summed E-state index contributed by atoms with van der Waals surface area (Å²) in [5.41, 5.74) is 1.29. The molecule has 0 saturated heterocycles. The number of ether oxygens (including phenoxy) is 1. The highest BCUT2D eigenvalue weighted by Crippen LogP contribution is 2.21. The largest absolute Gasteiger partial charge is 0.471 e. The van der Waals surface area contributed by atoms with Crippen molar-refractivity contribution in [2.24, 2.45) is 7.05 Å². The van der Waals surface area contributed by atoms with Gasteiger partial charge in [0, 0.05) is 27.3 Å². The minimum atomic E-state index is -0.477. The van der Waals surface area contributed by atoms with Crippen LogP contribution in [-0.2, 0) is 13.8 Å². The number of nitrogens with one attached hydrogen (secondary N) is 1. The maximum absolute atomic E-state index is 12.9. The van der Waals surface area contributed by atoms with E-state index in [2.05, 4.69) is 15.5 Å². The zero-order chi connectivity index (χ0) is 21.1. The number of carbonyl (C=O) groups excluding carboxylic acids is 2. The van der Waals surface area contributed by atoms with Crippen molar-refractivity contribution < 1.29 is 18.7 Å². The molecule has 2 amide bonds. The quantitative estimate of drug-likeness (QED) is 0.684. The van der Waals surface area contributed by atoms with Crippen molar-refractivity contribution >= 4 is 17.5 Å². The van der Waals surface area contributed by atoms with E-state index >= 15 is 0 Å². The number of aromatic nitrogens is 4. The lowest BCUT2D eigenvalue weighted by atomic mass is 10.2. The van der Waals surface area contributed by atoms with Crippen molar-refractivity contribution in [1.29, 1.82) is 0 Å². The van der Waals surface area contributed by atoms with Gasteiger partial charge in [-0.2, -0.15) is 10.2 Å². The topological polar surface area (TPSA) is 94.3 Å². The molecule has 2 aromatic heterocycles. The Morgan fingerprint density at radius 3 is 2.52 bits per heavy atom. The van der Waals surface area contributed by atoms with Crippen LogP contribution in [-0.4, -0.2) is 50.4 Å². The second-order valence-electron chi connectivity index (χ2n) is 6.55. The molecule has 0 radical (unpaired) electrons. The fraction of sp³-hybridized carbons (Fsp3) is 0.263. The minimum Gasteiger partial charge on any atom is -0.471 e. The van der Waals surface area contributed by atoms with Crippen LogP contribution < -0.4 is 10.1 Å². The summed E-state index contributed by atoms with van der Waals surface area (Å²) in [4.78, 5) is 26.3. The van der Waals surface area contributed by atoms with Gasteiger partial charge in [0.05, 0.1) is 11.4 Å². The summed E-state index contributed by atoms with van der Waals surface area (Å²) in [7, 11) is 4.92. The Balaban J connectivity index is 1.71. The first-order valence-electron chi connectivity index (χ1n) is 8.74. The third-order valence-corrected chi connectivity index (χ3v) is 4.23. The van der Waals surface area contributed by atoms with Gasteiger partial charge in [0.15, 0.2) is 18.1 Å². The molecule has 0 aliphatic rings. The Labute approximate surface area is 166 Å². The summed E-state index contributed by atoms with van der Waals surface area (Å²) in [5.74, 6) is -0.671. The third-order valence-electron chi connectivity index (χ3n) is 4.23. The molecule has 0 aliphatic carbocycles. The molecule has 0 saturated carbocycles. The molecule has 0 aliphatic heterocycles. The standard InChI is InChI=1S/C19H21FN6O3/c1-12-16(17(23-25(12)4)19(28)24(2)3)21-18(27)15-9-10-26(22-15)11-29-14-7-5-13(20)6-8-14/h5-10H,11H2,1-4H3,(H,21,27). The zero-order valence-corrected chi connectivity index (χ0v) is 16.5. The van der Waals surface area contributed by atoms with Gasteiger partial charge in [-0.3, -0.25) is 14.3 Å². The summed E-state index contributed by atoms with van der Waals surface area (Å²) in [5, 5.41) is 11.1. The SMILES string of the molecule is Cc1c(NC(=O)c2ccn(COc3ccc(F)cc3)n2)c(C(=O)N(C)C)nn1C. The number of rotatable bonds is 6. The van der Waals surface area contributed by atoms with Crippen LogP contribution in [0.1, 0.15) is 26.7 Å². The Morgan fingerprint density at radius 2 is 1.86 bits per heavy atom. The maximum atomic E-state index is 12.9. The van der Waals surface area contributed by atoms with Gasteiger partial charge in [0.2, 0.25) is 0 Å². The van der Waals surface area contributed by atoms with Crippen LogP contribution in [0.3, 0.4) is 0 Å². The summed E-state index contributed by atoms with van der Waals surface area (Å²) in [6.45, 7) is 1.80. The van der Waals surface area contributed by atoms with E-state index in [-0.39, 0.29) is 29.8 Å². The van der Waals surface area contributed by atoms with E-state index in [1.807, 2.05) is 0 Å². The summed E-state index contributed by atoms with van der Waals surface area (Å²) in [6.07, 6.45) is 1.58. The number of nitrogens with zero attached hydrogens (tertiary/aromatic N) is 5. The van der Waals surface area contributed by atoms with Crippen LogP contribution in [0.5, 0.6) is 5.75 Å². The fourth-order valence-electron chi connectivity index (χ4n) is 2.52. The molecule has 0 bridgehead atoms. The van der Waals surface area contributed by atoms with Crippen molar-refractivity contribution in [1.82, 2.24) is 24.5 Å². The monoisotopic (exact) mass is 400 g/mol. The summed E-state index contributed by atoms with van der Waals surface area (Å²) in [6, 6.07) is 7.12. The smallest absolute Gasteiger partial charge is 0.276 e. The number of hydrogen-bond donors (Lipinski definition) is 1. The van der Waals surface area contributed by atoms with Crippen LogP contribution >= 0.6 is 0 Å². The van der Waals surface area contributed by atoms with Gasteiger partial charge in [-0.15, -0.1) is 0 Å². The van der Waals surface area contributed by atoms with Gasteiger partial charge in [0.1, 0.15) is 11.6 Å². The van der Waals surface area contributed by atoms with Crippen molar-refractivity contribution in [2.75, 3.05) is 19.4 Å². The number of benzene rings is 1. The molecule has 29 heavy (non-hydrogen) atoms. The lowest BCUT2D eigenvalue weighted by Gasteiger charge is -2.10. The lowest BCUT2D eigenvalue weighted by molar-refractivity contribution is 0.0822. The Bertz CT molecular complexity index is 1040. The first kappa shape index (κ1) is 20.1. The average molecular weight is 400 g/mol. The van der Waals surface area contributed by atoms with Gasteiger partial charge < -0.3 is 15.0 Å². The number of carbonyl (C=O) groups is 2. The van der Waals surface area contributed by atoms with E-state index in [1.54, 1.807) is 34.3 Å². The van der Waals surface area contributed by atoms with Crippen molar-refractivity contribution in [3.63, 3.8) is 0 Å². The minimum absolute atomic E-state index is 0.0508. The zero-order valence-electron chi connectivity index (χ0n) is 16.5. The Kier molecular flexibility index (Phi) is 5.62. The van der Waals surface area contributed by atoms with Gasteiger partial charge in [-0.05, 0) is 37.3 Å². The molecule has 1 aromatic carbocycles. The first-order chi connectivity index (χ1) is 13.8. The molecule has 9 nitrogen and oxygen atoms in total. The van der Waals surface area contributed by atoms with E-state index in [9.17, 15) is 14.0 Å². The van der Waals surface area contributed by atoms with E-state index in [1.165, 1.54) is 44.6 Å². The second kappa shape index (κ2) is 8.13. The van der Waals surface area contributed by atoms with Crippen LogP contribution in [0.15, 0.2) is 36.5 Å². The van der Waals surface area contributed by atoms with Crippen molar-refractivity contribution in [3.8, 4) is 5.75 Å². The van der Waals surface area contributed by atoms with Gasteiger partial charge >= 0.3 is 0 Å². The molecule has 3 aromatic rings. The molecule has 0 spiro atoms. The van der Waals surface area contributed by atoms with E-state index in [0.717, 1.165) is 0 Å². The lowest BCUT2D eigenvalue weighted by Crippen LogP contribution is -2.24.